The zero-order valence-electron chi connectivity index (χ0n) is 7.11. The van der Waals surface area contributed by atoms with Gasteiger partial charge < -0.3 is 0 Å². The summed E-state index contributed by atoms with van der Waals surface area (Å²) in [6, 6.07) is 7.12. The topological polar surface area (TPSA) is 25.8 Å². The maximum Gasteiger partial charge on any atom is 0.116 e. The summed E-state index contributed by atoms with van der Waals surface area (Å²) in [6.07, 6.45) is 3.16. The number of nitrogens with zero attached hydrogens (tertiary/aromatic N) is 2. The molecule has 14 heavy (non-hydrogen) atoms. The highest BCUT2D eigenvalue weighted by Crippen LogP contribution is 2.28. The first-order valence-corrected chi connectivity index (χ1v) is 4.74. The van der Waals surface area contributed by atoms with Crippen LogP contribution in [0.2, 0.25) is 10.0 Å². The lowest BCUT2D eigenvalue weighted by molar-refractivity contribution is 1.17. The monoisotopic (exact) mass is 224 g/mol. The number of halogens is 2. The molecule has 0 aliphatic rings. The van der Waals surface area contributed by atoms with E-state index in [0.29, 0.717) is 10.0 Å². The molecule has 0 unspecified atom stereocenters. The summed E-state index contributed by atoms with van der Waals surface area (Å²) in [4.78, 5) is 7.94. The van der Waals surface area contributed by atoms with Gasteiger partial charge in [-0.05, 0) is 24.3 Å². The maximum atomic E-state index is 6.02. The molecule has 0 amide bonds. The van der Waals surface area contributed by atoms with Crippen molar-refractivity contribution in [3.63, 3.8) is 0 Å². The van der Waals surface area contributed by atoms with Crippen molar-refractivity contribution < 1.29 is 0 Å². The van der Waals surface area contributed by atoms with Gasteiger partial charge in [0.2, 0.25) is 0 Å². The molecule has 0 saturated carbocycles. The Morgan fingerprint density at radius 3 is 2.57 bits per heavy atom. The van der Waals surface area contributed by atoms with E-state index in [1.807, 2.05) is 6.07 Å². The quantitative estimate of drug-likeness (QED) is 0.742. The van der Waals surface area contributed by atoms with E-state index in [0.717, 1.165) is 11.3 Å². The standard InChI is InChI=1S/C10H6Cl2N2/c11-7-1-2-8(9(12)5-7)10-3-4-13-6-14-10/h1-6H. The van der Waals surface area contributed by atoms with Crippen molar-refractivity contribution in [2.75, 3.05) is 0 Å². The van der Waals surface area contributed by atoms with Crippen LogP contribution in [-0.2, 0) is 0 Å². The van der Waals surface area contributed by atoms with E-state index < -0.39 is 0 Å². The van der Waals surface area contributed by atoms with Gasteiger partial charge in [-0.15, -0.1) is 0 Å². The summed E-state index contributed by atoms with van der Waals surface area (Å²) in [6.45, 7) is 0. The molecule has 2 nitrogen and oxygen atoms in total. The molecule has 4 heteroatoms. The molecule has 0 radical (unpaired) electrons. The molecule has 70 valence electrons. The molecule has 0 atom stereocenters. The van der Waals surface area contributed by atoms with E-state index in [-0.39, 0.29) is 0 Å². The van der Waals surface area contributed by atoms with Crippen LogP contribution in [0.5, 0.6) is 0 Å². The zero-order chi connectivity index (χ0) is 9.97. The van der Waals surface area contributed by atoms with E-state index in [2.05, 4.69) is 9.97 Å². The second kappa shape index (κ2) is 3.95. The van der Waals surface area contributed by atoms with Gasteiger partial charge in [-0.25, -0.2) is 9.97 Å². The molecule has 0 aliphatic heterocycles. The number of aromatic nitrogens is 2. The molecule has 2 aromatic rings. The van der Waals surface area contributed by atoms with Crippen molar-refractivity contribution in [3.05, 3.63) is 46.8 Å². The Labute approximate surface area is 91.5 Å². The van der Waals surface area contributed by atoms with Gasteiger partial charge in [0, 0.05) is 16.8 Å². The van der Waals surface area contributed by atoms with Gasteiger partial charge in [-0.1, -0.05) is 23.2 Å². The highest BCUT2D eigenvalue weighted by Gasteiger charge is 2.04. The predicted octanol–water partition coefficient (Wildman–Crippen LogP) is 3.45. The fourth-order valence-electron chi connectivity index (χ4n) is 1.15. The van der Waals surface area contributed by atoms with Crippen LogP contribution in [0.25, 0.3) is 11.3 Å². The number of hydrogen-bond acceptors (Lipinski definition) is 2. The first-order valence-electron chi connectivity index (χ1n) is 3.99. The van der Waals surface area contributed by atoms with Gasteiger partial charge in [0.1, 0.15) is 6.33 Å². The lowest BCUT2D eigenvalue weighted by atomic mass is 10.1. The van der Waals surface area contributed by atoms with Crippen molar-refractivity contribution in [3.8, 4) is 11.3 Å². The molecular formula is C10H6Cl2N2. The average molecular weight is 225 g/mol. The Morgan fingerprint density at radius 2 is 1.93 bits per heavy atom. The predicted molar refractivity (Wildman–Crippen MR) is 57.5 cm³/mol. The second-order valence-electron chi connectivity index (χ2n) is 2.72. The second-order valence-corrected chi connectivity index (χ2v) is 3.56. The minimum Gasteiger partial charge on any atom is -0.245 e. The third kappa shape index (κ3) is 1.86. The van der Waals surface area contributed by atoms with Gasteiger partial charge in [-0.3, -0.25) is 0 Å². The minimum absolute atomic E-state index is 0.594. The third-order valence-corrected chi connectivity index (χ3v) is 2.34. The maximum absolute atomic E-state index is 6.02. The molecule has 1 aromatic heterocycles. The fourth-order valence-corrected chi connectivity index (χ4v) is 1.65. The van der Waals surface area contributed by atoms with Crippen LogP contribution in [0.4, 0.5) is 0 Å². The van der Waals surface area contributed by atoms with Crippen molar-refractivity contribution in [1.82, 2.24) is 9.97 Å². The van der Waals surface area contributed by atoms with Gasteiger partial charge in [0.15, 0.2) is 0 Å². The Balaban J connectivity index is 2.53. The molecule has 0 bridgehead atoms. The van der Waals surface area contributed by atoms with Crippen LogP contribution >= 0.6 is 23.2 Å². The Hall–Kier alpha value is -1.12. The first kappa shape index (κ1) is 9.44. The van der Waals surface area contributed by atoms with Gasteiger partial charge in [0.05, 0.1) is 10.7 Å². The minimum atomic E-state index is 0.594. The molecular weight excluding hydrogens is 219 g/mol. The van der Waals surface area contributed by atoms with Gasteiger partial charge in [-0.2, -0.15) is 0 Å². The molecule has 1 heterocycles. The SMILES string of the molecule is Clc1ccc(-c2ccncn2)c(Cl)c1. The first-order chi connectivity index (χ1) is 6.77. The smallest absolute Gasteiger partial charge is 0.116 e. The lowest BCUT2D eigenvalue weighted by Crippen LogP contribution is -1.84. The Bertz CT molecular complexity index is 443. The van der Waals surface area contributed by atoms with Gasteiger partial charge >= 0.3 is 0 Å². The Kier molecular flexibility index (Phi) is 2.66. The van der Waals surface area contributed by atoms with Crippen LogP contribution in [0.1, 0.15) is 0 Å². The normalized spacial score (nSPS) is 10.1. The summed E-state index contributed by atoms with van der Waals surface area (Å²) in [7, 11) is 0. The Morgan fingerprint density at radius 1 is 1.07 bits per heavy atom. The molecule has 0 spiro atoms. The van der Waals surface area contributed by atoms with E-state index in [4.69, 9.17) is 23.2 Å². The average Bonchev–Trinajstić information content (AvgIpc) is 2.19. The molecule has 0 fully saturated rings. The van der Waals surface area contributed by atoms with Gasteiger partial charge in [0.25, 0.3) is 0 Å². The van der Waals surface area contributed by atoms with Crippen molar-refractivity contribution in [2.24, 2.45) is 0 Å². The van der Waals surface area contributed by atoms with E-state index >= 15 is 0 Å². The van der Waals surface area contributed by atoms with E-state index in [9.17, 15) is 0 Å². The summed E-state index contributed by atoms with van der Waals surface area (Å²) < 4.78 is 0. The lowest BCUT2D eigenvalue weighted by Gasteiger charge is -2.02. The van der Waals surface area contributed by atoms with Crippen LogP contribution in [0.3, 0.4) is 0 Å². The van der Waals surface area contributed by atoms with Crippen molar-refractivity contribution in [1.29, 1.82) is 0 Å². The van der Waals surface area contributed by atoms with E-state index in [1.54, 1.807) is 24.4 Å². The van der Waals surface area contributed by atoms with Crippen LogP contribution in [0.15, 0.2) is 36.8 Å². The number of hydrogen-bond donors (Lipinski definition) is 0. The summed E-state index contributed by atoms with van der Waals surface area (Å²) >= 11 is 11.8. The van der Waals surface area contributed by atoms with Crippen LogP contribution < -0.4 is 0 Å². The molecule has 0 aliphatic carbocycles. The third-order valence-electron chi connectivity index (χ3n) is 1.79. The highest BCUT2D eigenvalue weighted by atomic mass is 35.5. The largest absolute Gasteiger partial charge is 0.245 e. The van der Waals surface area contributed by atoms with Crippen LogP contribution in [-0.4, -0.2) is 9.97 Å². The fraction of sp³-hybridized carbons (Fsp3) is 0. The summed E-state index contributed by atoms with van der Waals surface area (Å²) in [5.74, 6) is 0. The number of rotatable bonds is 1. The summed E-state index contributed by atoms with van der Waals surface area (Å²) in [5, 5.41) is 1.21. The van der Waals surface area contributed by atoms with E-state index in [1.165, 1.54) is 6.33 Å². The van der Waals surface area contributed by atoms with Crippen LogP contribution in [0, 0.1) is 0 Å². The summed E-state index contributed by atoms with van der Waals surface area (Å²) in [5.41, 5.74) is 1.65. The molecule has 0 N–H and O–H groups in total. The molecule has 1 aromatic carbocycles. The number of benzene rings is 1. The molecule has 0 saturated heterocycles. The molecule has 2 rings (SSSR count). The van der Waals surface area contributed by atoms with Crippen molar-refractivity contribution >= 4 is 23.2 Å². The zero-order valence-corrected chi connectivity index (χ0v) is 8.63. The highest BCUT2D eigenvalue weighted by molar-refractivity contribution is 6.36. The van der Waals surface area contributed by atoms with Crippen molar-refractivity contribution in [2.45, 2.75) is 0 Å².